The zero-order valence-corrected chi connectivity index (χ0v) is 15.9. The summed E-state index contributed by atoms with van der Waals surface area (Å²) in [5.41, 5.74) is 2.12. The van der Waals surface area contributed by atoms with E-state index in [0.29, 0.717) is 5.02 Å². The van der Waals surface area contributed by atoms with Gasteiger partial charge < -0.3 is 14.7 Å². The van der Waals surface area contributed by atoms with Crippen LogP contribution in [0.1, 0.15) is 30.9 Å². The first kappa shape index (κ1) is 18.7. The minimum absolute atomic E-state index is 0.268. The normalized spacial score (nSPS) is 16.3. The molecule has 0 radical (unpaired) electrons. The van der Waals surface area contributed by atoms with Crippen molar-refractivity contribution in [2.45, 2.75) is 19.8 Å². The molecule has 0 aliphatic carbocycles. The molecule has 0 spiro atoms. The number of anilines is 1. The average molecular weight is 374 g/mol. The first-order chi connectivity index (χ1) is 12.4. The summed E-state index contributed by atoms with van der Waals surface area (Å²) in [6.45, 7) is 6.76. The van der Waals surface area contributed by atoms with E-state index in [1.807, 2.05) is 36.4 Å². The highest BCUT2D eigenvalue weighted by atomic mass is 35.5. The summed E-state index contributed by atoms with van der Waals surface area (Å²) in [6, 6.07) is 15.7. The Bertz CT molecular complexity index is 750. The van der Waals surface area contributed by atoms with E-state index < -0.39 is 11.4 Å². The summed E-state index contributed by atoms with van der Waals surface area (Å²) < 4.78 is 5.40. The summed E-state index contributed by atoms with van der Waals surface area (Å²) >= 11 is 6.01. The minimum atomic E-state index is -0.950. The van der Waals surface area contributed by atoms with Crippen molar-refractivity contribution in [2.75, 3.05) is 31.2 Å². The van der Waals surface area contributed by atoms with Crippen LogP contribution in [-0.4, -0.2) is 37.4 Å². The fourth-order valence-electron chi connectivity index (χ4n) is 3.50. The smallest absolute Gasteiger partial charge is 0.310 e. The Morgan fingerprint density at radius 2 is 1.54 bits per heavy atom. The molecule has 2 aromatic carbocycles. The van der Waals surface area contributed by atoms with Gasteiger partial charge in [-0.1, -0.05) is 35.9 Å². The van der Waals surface area contributed by atoms with Crippen LogP contribution in [-0.2, 0) is 9.53 Å². The SMILES string of the molecule is CC(C)(C(=O)O)C(c1ccc(Cl)cc1)c1ccc(N2CCOCC2)cc1. The highest BCUT2D eigenvalue weighted by molar-refractivity contribution is 6.30. The Hall–Kier alpha value is -2.04. The number of halogens is 1. The van der Waals surface area contributed by atoms with Crippen LogP contribution in [0.5, 0.6) is 0 Å². The number of aliphatic carboxylic acids is 1. The van der Waals surface area contributed by atoms with Crippen LogP contribution in [0.4, 0.5) is 5.69 Å². The maximum absolute atomic E-state index is 11.9. The zero-order chi connectivity index (χ0) is 18.7. The molecule has 0 aromatic heterocycles. The van der Waals surface area contributed by atoms with Crippen molar-refractivity contribution in [3.8, 4) is 0 Å². The highest BCUT2D eigenvalue weighted by Crippen LogP contribution is 2.42. The lowest BCUT2D eigenvalue weighted by Gasteiger charge is -2.32. The predicted molar refractivity (Wildman–Crippen MR) is 104 cm³/mol. The summed E-state index contributed by atoms with van der Waals surface area (Å²) in [5, 5.41) is 10.4. The maximum atomic E-state index is 11.9. The fraction of sp³-hybridized carbons (Fsp3) is 0.381. The molecule has 1 N–H and O–H groups in total. The first-order valence-corrected chi connectivity index (χ1v) is 9.19. The molecule has 1 atom stereocenters. The molecule has 138 valence electrons. The van der Waals surface area contributed by atoms with Gasteiger partial charge in [0.1, 0.15) is 0 Å². The number of ether oxygens (including phenoxy) is 1. The first-order valence-electron chi connectivity index (χ1n) is 8.81. The van der Waals surface area contributed by atoms with E-state index in [-0.39, 0.29) is 5.92 Å². The van der Waals surface area contributed by atoms with E-state index in [0.717, 1.165) is 43.1 Å². The molecule has 5 heteroatoms. The van der Waals surface area contributed by atoms with Gasteiger partial charge in [0.15, 0.2) is 0 Å². The summed E-state index contributed by atoms with van der Waals surface area (Å²) in [4.78, 5) is 14.2. The van der Waals surface area contributed by atoms with E-state index in [9.17, 15) is 9.90 Å². The van der Waals surface area contributed by atoms with Crippen molar-refractivity contribution in [3.63, 3.8) is 0 Å². The lowest BCUT2D eigenvalue weighted by molar-refractivity contribution is -0.147. The molecule has 2 aromatic rings. The molecule has 1 fully saturated rings. The van der Waals surface area contributed by atoms with Gasteiger partial charge in [0, 0.05) is 29.7 Å². The second-order valence-corrected chi connectivity index (χ2v) is 7.64. The van der Waals surface area contributed by atoms with Gasteiger partial charge in [0.25, 0.3) is 0 Å². The Morgan fingerprint density at radius 3 is 2.04 bits per heavy atom. The topological polar surface area (TPSA) is 49.8 Å². The number of carboxylic acids is 1. The van der Waals surface area contributed by atoms with E-state index >= 15 is 0 Å². The predicted octanol–water partition coefficient (Wildman–Crippen LogP) is 4.42. The minimum Gasteiger partial charge on any atom is -0.481 e. The van der Waals surface area contributed by atoms with Gasteiger partial charge in [-0.15, -0.1) is 0 Å². The molecule has 0 saturated carbocycles. The third-order valence-electron chi connectivity index (χ3n) is 5.08. The number of morpholine rings is 1. The van der Waals surface area contributed by atoms with Crippen LogP contribution in [0, 0.1) is 5.41 Å². The van der Waals surface area contributed by atoms with Crippen molar-refractivity contribution in [3.05, 3.63) is 64.7 Å². The van der Waals surface area contributed by atoms with Gasteiger partial charge in [-0.3, -0.25) is 4.79 Å². The van der Waals surface area contributed by atoms with Crippen LogP contribution in [0.2, 0.25) is 5.02 Å². The van der Waals surface area contributed by atoms with Gasteiger partial charge in [0.2, 0.25) is 0 Å². The average Bonchev–Trinajstić information content (AvgIpc) is 2.64. The van der Waals surface area contributed by atoms with Crippen LogP contribution < -0.4 is 4.90 Å². The van der Waals surface area contributed by atoms with Gasteiger partial charge in [-0.05, 0) is 49.2 Å². The Balaban J connectivity index is 1.96. The van der Waals surface area contributed by atoms with E-state index in [4.69, 9.17) is 16.3 Å². The van der Waals surface area contributed by atoms with Crippen LogP contribution in [0.25, 0.3) is 0 Å². The summed E-state index contributed by atoms with van der Waals surface area (Å²) in [6.07, 6.45) is 0. The highest BCUT2D eigenvalue weighted by Gasteiger charge is 2.38. The van der Waals surface area contributed by atoms with Gasteiger partial charge in [-0.25, -0.2) is 0 Å². The van der Waals surface area contributed by atoms with Crippen molar-refractivity contribution in [2.24, 2.45) is 5.41 Å². The molecular weight excluding hydrogens is 350 g/mol. The summed E-state index contributed by atoms with van der Waals surface area (Å²) in [5.74, 6) is -1.09. The van der Waals surface area contributed by atoms with Gasteiger partial charge in [-0.2, -0.15) is 0 Å². The lowest BCUT2D eigenvalue weighted by atomic mass is 9.71. The van der Waals surface area contributed by atoms with Crippen LogP contribution in [0.15, 0.2) is 48.5 Å². The van der Waals surface area contributed by atoms with Gasteiger partial charge >= 0.3 is 5.97 Å². The van der Waals surface area contributed by atoms with Crippen molar-refractivity contribution in [1.82, 2.24) is 0 Å². The van der Waals surface area contributed by atoms with Gasteiger partial charge in [0.05, 0.1) is 18.6 Å². The van der Waals surface area contributed by atoms with E-state index in [2.05, 4.69) is 17.0 Å². The number of hydrogen-bond acceptors (Lipinski definition) is 3. The van der Waals surface area contributed by atoms with Crippen molar-refractivity contribution in [1.29, 1.82) is 0 Å². The molecule has 1 aliphatic rings. The van der Waals surface area contributed by atoms with E-state index in [1.54, 1.807) is 13.8 Å². The molecule has 3 rings (SSSR count). The number of carboxylic acid groups (broad SMARTS) is 1. The van der Waals surface area contributed by atoms with Crippen LogP contribution in [0.3, 0.4) is 0 Å². The second-order valence-electron chi connectivity index (χ2n) is 7.20. The lowest BCUT2D eigenvalue weighted by Crippen LogP contribution is -2.36. The van der Waals surface area contributed by atoms with Crippen molar-refractivity contribution >= 4 is 23.3 Å². The standard InChI is InChI=1S/C21H24ClNO3/c1-21(2,20(24)25)19(15-3-7-17(22)8-4-15)16-5-9-18(10-6-16)23-11-13-26-14-12-23/h3-10,19H,11-14H2,1-2H3,(H,24,25). The number of rotatable bonds is 5. The molecule has 1 saturated heterocycles. The fourth-order valence-corrected chi connectivity index (χ4v) is 3.63. The summed E-state index contributed by atoms with van der Waals surface area (Å²) in [7, 11) is 0. The molecule has 1 unspecified atom stereocenters. The monoisotopic (exact) mass is 373 g/mol. The number of carbonyl (C=O) groups is 1. The zero-order valence-electron chi connectivity index (χ0n) is 15.1. The second kappa shape index (κ2) is 7.68. The molecular formula is C21H24ClNO3. The molecule has 4 nitrogen and oxygen atoms in total. The molecule has 0 bridgehead atoms. The molecule has 1 aliphatic heterocycles. The van der Waals surface area contributed by atoms with E-state index in [1.165, 1.54) is 0 Å². The number of nitrogens with zero attached hydrogens (tertiary/aromatic N) is 1. The Labute approximate surface area is 159 Å². The van der Waals surface area contributed by atoms with Crippen LogP contribution >= 0.6 is 11.6 Å². The van der Waals surface area contributed by atoms with Crippen molar-refractivity contribution < 1.29 is 14.6 Å². The third kappa shape index (κ3) is 3.87. The molecule has 26 heavy (non-hydrogen) atoms. The Morgan fingerprint density at radius 1 is 1.04 bits per heavy atom. The number of benzene rings is 2. The maximum Gasteiger partial charge on any atom is 0.310 e. The molecule has 0 amide bonds. The molecule has 1 heterocycles. The third-order valence-corrected chi connectivity index (χ3v) is 5.33. The Kier molecular flexibility index (Phi) is 5.54. The number of hydrogen-bond donors (Lipinski definition) is 1. The quantitative estimate of drug-likeness (QED) is 0.842. The largest absolute Gasteiger partial charge is 0.481 e.